The predicted molar refractivity (Wildman–Crippen MR) is 83.8 cm³/mol. The molecule has 0 spiro atoms. The van der Waals surface area contributed by atoms with Crippen LogP contribution in [-0.2, 0) is 4.79 Å². The normalized spacial score (nSPS) is 11.9. The first kappa shape index (κ1) is 14.7. The van der Waals surface area contributed by atoms with Crippen LogP contribution in [0.15, 0.2) is 64.1 Å². The van der Waals surface area contributed by atoms with Gasteiger partial charge in [-0.25, -0.2) is 4.68 Å². The average Bonchev–Trinajstić information content (AvgIpc) is 3.08. The van der Waals surface area contributed by atoms with Crippen molar-refractivity contribution in [2.75, 3.05) is 5.32 Å². The molecule has 0 radical (unpaired) electrons. The van der Waals surface area contributed by atoms with Crippen LogP contribution >= 0.6 is 0 Å². The third kappa shape index (κ3) is 3.18. The fourth-order valence-electron chi connectivity index (χ4n) is 2.08. The summed E-state index contributed by atoms with van der Waals surface area (Å²) in [4.78, 5) is 24.3. The lowest BCUT2D eigenvalue weighted by Gasteiger charge is -2.13. The number of hydrogen-bond acceptors (Lipinski definition) is 5. The summed E-state index contributed by atoms with van der Waals surface area (Å²) in [6, 6.07) is 13.2. The lowest BCUT2D eigenvalue weighted by atomic mass is 10.1. The molecule has 0 saturated heterocycles. The van der Waals surface area contributed by atoms with Crippen molar-refractivity contribution in [2.24, 2.45) is 0 Å². The summed E-state index contributed by atoms with van der Waals surface area (Å²) >= 11 is 0. The topological polar surface area (TPSA) is 90.0 Å². The van der Waals surface area contributed by atoms with Crippen molar-refractivity contribution in [3.63, 3.8) is 0 Å². The van der Waals surface area contributed by atoms with Crippen LogP contribution in [0.4, 0.5) is 5.82 Å². The number of rotatable bonds is 4. The zero-order chi connectivity index (χ0) is 16.2. The van der Waals surface area contributed by atoms with Crippen LogP contribution in [0.2, 0.25) is 0 Å². The third-order valence-electron chi connectivity index (χ3n) is 3.33. The highest BCUT2D eigenvalue weighted by Crippen LogP contribution is 2.15. The lowest BCUT2D eigenvalue weighted by molar-refractivity contribution is -0.119. The smallest absolute Gasteiger partial charge is 0.267 e. The molecule has 1 amide bonds. The lowest BCUT2D eigenvalue weighted by Crippen LogP contribution is -2.33. The van der Waals surface area contributed by atoms with Gasteiger partial charge in [-0.15, -0.1) is 0 Å². The molecular formula is C16H14N4O3. The number of hydrogen-bond donors (Lipinski definition) is 1. The quantitative estimate of drug-likeness (QED) is 0.797. The summed E-state index contributed by atoms with van der Waals surface area (Å²) in [6.45, 7) is 1.60. The molecule has 116 valence electrons. The molecule has 0 fully saturated rings. The van der Waals surface area contributed by atoms with E-state index in [0.29, 0.717) is 5.69 Å². The number of amides is 1. The van der Waals surface area contributed by atoms with Gasteiger partial charge < -0.3 is 9.84 Å². The van der Waals surface area contributed by atoms with Gasteiger partial charge in [0.1, 0.15) is 12.3 Å². The van der Waals surface area contributed by atoms with Crippen LogP contribution in [0.5, 0.6) is 0 Å². The highest BCUT2D eigenvalue weighted by atomic mass is 16.5. The van der Waals surface area contributed by atoms with E-state index in [0.717, 1.165) is 10.2 Å². The van der Waals surface area contributed by atoms with Gasteiger partial charge in [0, 0.05) is 17.7 Å². The third-order valence-corrected chi connectivity index (χ3v) is 3.33. The summed E-state index contributed by atoms with van der Waals surface area (Å²) in [5.41, 5.74) is 1.13. The van der Waals surface area contributed by atoms with Crippen molar-refractivity contribution in [3.8, 4) is 11.3 Å². The Balaban J connectivity index is 1.89. The van der Waals surface area contributed by atoms with Gasteiger partial charge in [0.05, 0.1) is 5.69 Å². The number of carbonyl (C=O) groups excluding carboxylic acids is 1. The van der Waals surface area contributed by atoms with E-state index in [1.54, 1.807) is 13.0 Å². The Morgan fingerprint density at radius 2 is 1.96 bits per heavy atom. The summed E-state index contributed by atoms with van der Waals surface area (Å²) in [7, 11) is 0. The molecule has 7 heteroatoms. The van der Waals surface area contributed by atoms with Gasteiger partial charge in [-0.3, -0.25) is 9.59 Å². The second kappa shape index (κ2) is 6.27. The fraction of sp³-hybridized carbons (Fsp3) is 0.125. The Morgan fingerprint density at radius 3 is 2.65 bits per heavy atom. The summed E-state index contributed by atoms with van der Waals surface area (Å²) in [6.07, 6.45) is 1.35. The van der Waals surface area contributed by atoms with Crippen LogP contribution in [0.3, 0.4) is 0 Å². The summed E-state index contributed by atoms with van der Waals surface area (Å²) in [5.74, 6) is -0.118. The van der Waals surface area contributed by atoms with Crippen LogP contribution in [-0.4, -0.2) is 20.8 Å². The van der Waals surface area contributed by atoms with E-state index in [-0.39, 0.29) is 11.4 Å². The minimum absolute atomic E-state index is 0.286. The van der Waals surface area contributed by atoms with E-state index in [4.69, 9.17) is 0 Å². The molecule has 1 N–H and O–H groups in total. The minimum atomic E-state index is -0.789. The molecule has 0 aliphatic heterocycles. The molecule has 3 aromatic rings. The Morgan fingerprint density at radius 1 is 1.17 bits per heavy atom. The van der Waals surface area contributed by atoms with Crippen LogP contribution in [0.25, 0.3) is 11.3 Å². The first-order chi connectivity index (χ1) is 11.1. The maximum absolute atomic E-state index is 12.2. The van der Waals surface area contributed by atoms with E-state index in [9.17, 15) is 9.59 Å². The minimum Gasteiger partial charge on any atom is -0.363 e. The molecule has 0 aliphatic rings. The van der Waals surface area contributed by atoms with Gasteiger partial charge in [-0.2, -0.15) is 5.10 Å². The van der Waals surface area contributed by atoms with Crippen molar-refractivity contribution >= 4 is 11.7 Å². The fourth-order valence-corrected chi connectivity index (χ4v) is 2.08. The molecule has 0 bridgehead atoms. The maximum atomic E-state index is 12.2. The van der Waals surface area contributed by atoms with Crippen molar-refractivity contribution in [1.82, 2.24) is 14.9 Å². The monoisotopic (exact) mass is 310 g/mol. The van der Waals surface area contributed by atoms with E-state index in [1.807, 2.05) is 30.3 Å². The van der Waals surface area contributed by atoms with Crippen molar-refractivity contribution in [1.29, 1.82) is 0 Å². The molecule has 2 aromatic heterocycles. The Hall–Kier alpha value is -3.22. The van der Waals surface area contributed by atoms with Gasteiger partial charge in [-0.1, -0.05) is 35.5 Å². The summed E-state index contributed by atoms with van der Waals surface area (Å²) in [5, 5.41) is 10.5. The van der Waals surface area contributed by atoms with Crippen molar-refractivity contribution in [3.05, 3.63) is 65.1 Å². The molecule has 0 aliphatic carbocycles. The predicted octanol–water partition coefficient (Wildman–Crippen LogP) is 2.10. The average molecular weight is 310 g/mol. The highest BCUT2D eigenvalue weighted by molar-refractivity contribution is 5.92. The van der Waals surface area contributed by atoms with Gasteiger partial charge in [0.15, 0.2) is 5.82 Å². The van der Waals surface area contributed by atoms with Crippen LogP contribution < -0.4 is 10.9 Å². The van der Waals surface area contributed by atoms with Gasteiger partial charge in [0.2, 0.25) is 5.91 Å². The van der Waals surface area contributed by atoms with E-state index < -0.39 is 11.9 Å². The first-order valence-corrected chi connectivity index (χ1v) is 7.01. The Labute approximate surface area is 131 Å². The maximum Gasteiger partial charge on any atom is 0.267 e. The zero-order valence-electron chi connectivity index (χ0n) is 12.3. The van der Waals surface area contributed by atoms with E-state index in [1.165, 1.54) is 18.4 Å². The van der Waals surface area contributed by atoms with E-state index in [2.05, 4.69) is 20.1 Å². The first-order valence-electron chi connectivity index (χ1n) is 7.01. The second-order valence-corrected chi connectivity index (χ2v) is 4.92. The summed E-state index contributed by atoms with van der Waals surface area (Å²) < 4.78 is 5.80. The molecule has 1 aromatic carbocycles. The largest absolute Gasteiger partial charge is 0.363 e. The number of benzene rings is 1. The van der Waals surface area contributed by atoms with Gasteiger partial charge in [-0.05, 0) is 13.0 Å². The molecule has 2 heterocycles. The second-order valence-electron chi connectivity index (χ2n) is 4.92. The molecule has 7 nitrogen and oxygen atoms in total. The van der Waals surface area contributed by atoms with Gasteiger partial charge >= 0.3 is 0 Å². The van der Waals surface area contributed by atoms with Crippen molar-refractivity contribution in [2.45, 2.75) is 13.0 Å². The van der Waals surface area contributed by atoms with Crippen LogP contribution in [0, 0.1) is 0 Å². The number of nitrogens with one attached hydrogen (secondary N) is 1. The molecular weight excluding hydrogens is 296 g/mol. The van der Waals surface area contributed by atoms with Gasteiger partial charge in [0.25, 0.3) is 5.56 Å². The Bertz CT molecular complexity index is 857. The molecule has 1 atom stereocenters. The standard InChI is InChI=1S/C16H14N4O3/c1-11(16(22)17-14-9-10-23-19-14)20-15(21)8-7-13(18-20)12-5-3-2-4-6-12/h2-11H,1H3,(H,17,19,22)/t11-/m0/s1. The van der Waals surface area contributed by atoms with Crippen LogP contribution in [0.1, 0.15) is 13.0 Å². The number of carbonyl (C=O) groups is 1. The number of aromatic nitrogens is 3. The number of anilines is 1. The SMILES string of the molecule is C[C@@H](C(=O)Nc1ccon1)n1nc(-c2ccccc2)ccc1=O. The highest BCUT2D eigenvalue weighted by Gasteiger charge is 2.19. The molecule has 0 saturated carbocycles. The molecule has 0 unspecified atom stereocenters. The molecule has 3 rings (SSSR count). The Kier molecular flexibility index (Phi) is 4.01. The zero-order valence-corrected chi connectivity index (χ0v) is 12.3. The molecule has 23 heavy (non-hydrogen) atoms. The number of nitrogens with zero attached hydrogens (tertiary/aromatic N) is 3. The van der Waals surface area contributed by atoms with Crippen molar-refractivity contribution < 1.29 is 9.32 Å². The van der Waals surface area contributed by atoms with E-state index >= 15 is 0 Å².